The van der Waals surface area contributed by atoms with Crippen LogP contribution in [0.3, 0.4) is 0 Å². The maximum absolute atomic E-state index is 12.8. The summed E-state index contributed by atoms with van der Waals surface area (Å²) < 4.78 is 22.5. The molecule has 0 unspecified atom stereocenters. The quantitative estimate of drug-likeness (QED) is 0.216. The lowest BCUT2D eigenvalue weighted by molar-refractivity contribution is 0.0702. The van der Waals surface area contributed by atoms with Gasteiger partial charge < -0.3 is 18.6 Å². The van der Waals surface area contributed by atoms with E-state index in [0.29, 0.717) is 34.8 Å². The van der Waals surface area contributed by atoms with Crippen LogP contribution in [0.15, 0.2) is 76.9 Å². The van der Waals surface area contributed by atoms with Crippen molar-refractivity contribution in [2.45, 2.75) is 13.8 Å². The number of allylic oxidation sites excluding steroid dienone is 1. The summed E-state index contributed by atoms with van der Waals surface area (Å²) >= 11 is 0. The van der Waals surface area contributed by atoms with Crippen molar-refractivity contribution in [2.75, 3.05) is 6.61 Å². The number of esters is 1. The van der Waals surface area contributed by atoms with Gasteiger partial charge in [0.25, 0.3) is 0 Å². The molecular formula is C27H20O6. The smallest absolute Gasteiger partial charge is 0.379 e. The van der Waals surface area contributed by atoms with Crippen LogP contribution in [0.5, 0.6) is 17.2 Å². The molecule has 5 rings (SSSR count). The van der Waals surface area contributed by atoms with Crippen LogP contribution in [0.25, 0.3) is 17.0 Å². The number of hydrogen-bond acceptors (Lipinski definition) is 6. The molecule has 0 spiro atoms. The second-order valence-corrected chi connectivity index (χ2v) is 7.55. The maximum atomic E-state index is 12.8. The van der Waals surface area contributed by atoms with Crippen molar-refractivity contribution in [2.24, 2.45) is 0 Å². The predicted molar refractivity (Wildman–Crippen MR) is 123 cm³/mol. The number of rotatable bonds is 5. The van der Waals surface area contributed by atoms with E-state index in [0.717, 1.165) is 16.7 Å². The molecule has 164 valence electrons. The molecule has 1 aliphatic rings. The summed E-state index contributed by atoms with van der Waals surface area (Å²) in [4.78, 5) is 25.5. The molecule has 2 heterocycles. The van der Waals surface area contributed by atoms with Crippen LogP contribution in [-0.4, -0.2) is 18.4 Å². The van der Waals surface area contributed by atoms with Crippen LogP contribution in [-0.2, 0) is 0 Å². The fraction of sp³-hybridized carbons (Fsp3) is 0.111. The van der Waals surface area contributed by atoms with Crippen molar-refractivity contribution in [3.8, 4) is 17.2 Å². The molecule has 33 heavy (non-hydrogen) atoms. The van der Waals surface area contributed by atoms with E-state index in [4.69, 9.17) is 18.6 Å². The number of ether oxygens (including phenoxy) is 3. The summed E-state index contributed by atoms with van der Waals surface area (Å²) in [5.41, 5.74) is 2.39. The van der Waals surface area contributed by atoms with Gasteiger partial charge in [-0.15, -0.1) is 0 Å². The minimum Gasteiger partial charge on any atom is -0.494 e. The standard InChI is InChI=1S/C27H20O6/c1-3-30-19-10-8-17(9-11-19)14-23-25(28)20-12-13-21(16(2)26(20)32-23)33-27(29)24-15-18-6-4-5-7-22(18)31-24/h4-15H,3H2,1-2H3/b23-14-. The second-order valence-electron chi connectivity index (χ2n) is 7.55. The molecule has 6 heteroatoms. The normalized spacial score (nSPS) is 13.8. The van der Waals surface area contributed by atoms with Crippen molar-refractivity contribution in [1.82, 2.24) is 0 Å². The minimum atomic E-state index is -0.622. The highest BCUT2D eigenvalue weighted by Crippen LogP contribution is 2.39. The molecule has 0 saturated heterocycles. The molecule has 0 N–H and O–H groups in total. The van der Waals surface area contributed by atoms with Crippen molar-refractivity contribution >= 4 is 28.8 Å². The number of carbonyl (C=O) groups excluding carboxylic acids is 2. The van der Waals surface area contributed by atoms with E-state index in [-0.39, 0.29) is 17.3 Å². The van der Waals surface area contributed by atoms with Crippen molar-refractivity contribution in [1.29, 1.82) is 0 Å². The van der Waals surface area contributed by atoms with Gasteiger partial charge in [-0.3, -0.25) is 4.79 Å². The topological polar surface area (TPSA) is 75.0 Å². The first kappa shape index (κ1) is 20.6. The zero-order valence-corrected chi connectivity index (χ0v) is 18.1. The number of carbonyl (C=O) groups is 2. The van der Waals surface area contributed by atoms with Crippen molar-refractivity contribution in [3.63, 3.8) is 0 Å². The Morgan fingerprint density at radius 2 is 1.82 bits per heavy atom. The summed E-state index contributed by atoms with van der Waals surface area (Å²) in [5, 5.41) is 0.813. The van der Waals surface area contributed by atoms with E-state index < -0.39 is 5.97 Å². The Balaban J connectivity index is 1.38. The van der Waals surface area contributed by atoms with Crippen molar-refractivity contribution in [3.05, 3.63) is 94.9 Å². The fourth-order valence-electron chi connectivity index (χ4n) is 3.69. The highest BCUT2D eigenvalue weighted by atomic mass is 16.5. The average Bonchev–Trinajstić information content (AvgIpc) is 3.39. The Morgan fingerprint density at radius 1 is 1.03 bits per heavy atom. The molecule has 6 nitrogen and oxygen atoms in total. The molecule has 0 atom stereocenters. The van der Waals surface area contributed by atoms with E-state index in [1.165, 1.54) is 0 Å². The molecule has 3 aromatic carbocycles. The Morgan fingerprint density at radius 3 is 2.58 bits per heavy atom. The number of benzene rings is 3. The molecule has 0 amide bonds. The molecule has 0 saturated carbocycles. The first-order chi connectivity index (χ1) is 16.0. The molecular weight excluding hydrogens is 420 g/mol. The van der Waals surface area contributed by atoms with Gasteiger partial charge in [-0.1, -0.05) is 30.3 Å². The summed E-state index contributed by atoms with van der Waals surface area (Å²) in [7, 11) is 0. The van der Waals surface area contributed by atoms with E-state index >= 15 is 0 Å². The van der Waals surface area contributed by atoms with Crippen LogP contribution < -0.4 is 14.2 Å². The summed E-state index contributed by atoms with van der Waals surface area (Å²) in [6.45, 7) is 4.25. The van der Waals surface area contributed by atoms with Gasteiger partial charge in [0.15, 0.2) is 5.76 Å². The summed E-state index contributed by atoms with van der Waals surface area (Å²) in [6.07, 6.45) is 1.68. The van der Waals surface area contributed by atoms with E-state index in [1.807, 2.05) is 49.4 Å². The van der Waals surface area contributed by atoms with Gasteiger partial charge in [0.05, 0.1) is 12.2 Å². The largest absolute Gasteiger partial charge is 0.494 e. The van der Waals surface area contributed by atoms with Crippen LogP contribution in [0, 0.1) is 6.92 Å². The molecule has 1 aromatic heterocycles. The number of hydrogen-bond donors (Lipinski definition) is 0. The lowest BCUT2D eigenvalue weighted by atomic mass is 10.1. The monoisotopic (exact) mass is 440 g/mol. The molecule has 0 aliphatic carbocycles. The Hall–Kier alpha value is -4.32. The first-order valence-corrected chi connectivity index (χ1v) is 10.5. The number of para-hydroxylation sites is 1. The highest BCUT2D eigenvalue weighted by molar-refractivity contribution is 6.15. The minimum absolute atomic E-state index is 0.101. The SMILES string of the molecule is CCOc1ccc(/C=C2\Oc3c(ccc(OC(=O)c4cc5ccccc5o4)c3C)C2=O)cc1. The van der Waals surface area contributed by atoms with Gasteiger partial charge in [-0.25, -0.2) is 4.79 Å². The molecule has 0 bridgehead atoms. The van der Waals surface area contributed by atoms with E-state index in [1.54, 1.807) is 37.3 Å². The number of Topliss-reactive ketones (excluding diaryl/α,β-unsaturated/α-hetero) is 1. The van der Waals surface area contributed by atoms with Crippen molar-refractivity contribution < 1.29 is 28.2 Å². The number of fused-ring (bicyclic) bond motifs is 2. The van der Waals surface area contributed by atoms with Gasteiger partial charge in [0.2, 0.25) is 11.5 Å². The third-order valence-electron chi connectivity index (χ3n) is 5.35. The third kappa shape index (κ3) is 3.87. The van der Waals surface area contributed by atoms with E-state index in [9.17, 15) is 9.59 Å². The fourth-order valence-corrected chi connectivity index (χ4v) is 3.69. The summed E-state index contributed by atoms with van der Waals surface area (Å²) in [6, 6.07) is 19.5. The average molecular weight is 440 g/mol. The molecule has 4 aromatic rings. The lowest BCUT2D eigenvalue weighted by Gasteiger charge is -2.09. The second kappa shape index (κ2) is 8.31. The summed E-state index contributed by atoms with van der Waals surface area (Å²) in [5.74, 6) is 0.901. The van der Waals surface area contributed by atoms with Crippen LogP contribution in [0.2, 0.25) is 0 Å². The lowest BCUT2D eigenvalue weighted by Crippen LogP contribution is -2.08. The molecule has 0 fully saturated rings. The van der Waals surface area contributed by atoms with Crippen LogP contribution in [0.4, 0.5) is 0 Å². The van der Waals surface area contributed by atoms with Gasteiger partial charge in [0, 0.05) is 10.9 Å². The van der Waals surface area contributed by atoms with Gasteiger partial charge in [-0.05, 0) is 61.9 Å². The third-order valence-corrected chi connectivity index (χ3v) is 5.35. The first-order valence-electron chi connectivity index (χ1n) is 10.5. The highest BCUT2D eigenvalue weighted by Gasteiger charge is 2.31. The number of furan rings is 1. The van der Waals surface area contributed by atoms with Crippen LogP contribution >= 0.6 is 0 Å². The van der Waals surface area contributed by atoms with E-state index in [2.05, 4.69) is 0 Å². The Labute approximate surface area is 190 Å². The van der Waals surface area contributed by atoms with Gasteiger partial charge >= 0.3 is 5.97 Å². The zero-order chi connectivity index (χ0) is 22.9. The molecule has 0 radical (unpaired) electrons. The Kier molecular flexibility index (Phi) is 5.18. The van der Waals surface area contributed by atoms with Gasteiger partial charge in [0.1, 0.15) is 22.8 Å². The maximum Gasteiger partial charge on any atom is 0.379 e. The zero-order valence-electron chi connectivity index (χ0n) is 18.1. The number of ketones is 1. The molecule has 1 aliphatic heterocycles. The van der Waals surface area contributed by atoms with Crippen LogP contribution in [0.1, 0.15) is 39.0 Å². The Bertz CT molecular complexity index is 1380. The van der Waals surface area contributed by atoms with Gasteiger partial charge in [-0.2, -0.15) is 0 Å². The predicted octanol–water partition coefficient (Wildman–Crippen LogP) is 5.98.